The van der Waals surface area contributed by atoms with Crippen LogP contribution < -0.4 is 0 Å². The number of thiazole rings is 1. The maximum Gasteiger partial charge on any atom is 0.254 e. The lowest BCUT2D eigenvalue weighted by Crippen LogP contribution is -2.48. The molecule has 4 nitrogen and oxygen atoms in total. The van der Waals surface area contributed by atoms with E-state index < -0.39 is 11.6 Å². The summed E-state index contributed by atoms with van der Waals surface area (Å²) in [6, 6.07) is 10.9. The van der Waals surface area contributed by atoms with E-state index in [-0.39, 0.29) is 11.5 Å². The third-order valence-electron chi connectivity index (χ3n) is 4.88. The molecular formula is C21H18ClF2N3OS. The van der Waals surface area contributed by atoms with E-state index in [1.54, 1.807) is 16.2 Å². The van der Waals surface area contributed by atoms with Crippen LogP contribution in [0.5, 0.6) is 0 Å². The zero-order valence-electron chi connectivity index (χ0n) is 15.4. The molecule has 1 saturated heterocycles. The highest BCUT2D eigenvalue weighted by molar-refractivity contribution is 7.09. The Morgan fingerprint density at radius 2 is 1.76 bits per heavy atom. The molecule has 0 aliphatic carbocycles. The van der Waals surface area contributed by atoms with Crippen LogP contribution >= 0.6 is 22.9 Å². The molecule has 1 fully saturated rings. The maximum atomic E-state index is 13.4. The fraction of sp³-hybridized carbons (Fsp3) is 0.238. The number of rotatable bonds is 4. The van der Waals surface area contributed by atoms with E-state index in [9.17, 15) is 13.6 Å². The number of carbonyl (C=O) groups excluding carboxylic acids is 1. The lowest BCUT2D eigenvalue weighted by Gasteiger charge is -2.34. The predicted molar refractivity (Wildman–Crippen MR) is 110 cm³/mol. The Bertz CT molecular complexity index is 1020. The number of aromatic nitrogens is 1. The van der Waals surface area contributed by atoms with E-state index in [2.05, 4.69) is 4.90 Å². The highest BCUT2D eigenvalue weighted by Gasteiger charge is 2.23. The summed E-state index contributed by atoms with van der Waals surface area (Å²) in [6.07, 6.45) is 0. The summed E-state index contributed by atoms with van der Waals surface area (Å²) < 4.78 is 26.5. The second kappa shape index (κ2) is 8.57. The summed E-state index contributed by atoms with van der Waals surface area (Å²) in [4.78, 5) is 21.1. The van der Waals surface area contributed by atoms with E-state index in [1.165, 1.54) is 6.07 Å². The van der Waals surface area contributed by atoms with E-state index >= 15 is 0 Å². The average molecular weight is 434 g/mol. The van der Waals surface area contributed by atoms with Crippen molar-refractivity contribution in [2.24, 2.45) is 0 Å². The van der Waals surface area contributed by atoms with Crippen molar-refractivity contribution in [3.05, 3.63) is 75.1 Å². The number of halogens is 3. The average Bonchev–Trinajstić information content (AvgIpc) is 3.19. The first-order chi connectivity index (χ1) is 14.0. The first-order valence-corrected chi connectivity index (χ1v) is 10.4. The fourth-order valence-electron chi connectivity index (χ4n) is 3.25. The lowest BCUT2D eigenvalue weighted by atomic mass is 10.1. The van der Waals surface area contributed by atoms with Gasteiger partial charge >= 0.3 is 0 Å². The third kappa shape index (κ3) is 4.63. The molecule has 1 aliphatic heterocycles. The molecule has 1 aliphatic rings. The Morgan fingerprint density at radius 1 is 1.03 bits per heavy atom. The van der Waals surface area contributed by atoms with E-state index in [0.717, 1.165) is 28.4 Å². The van der Waals surface area contributed by atoms with Crippen LogP contribution in [-0.2, 0) is 6.54 Å². The van der Waals surface area contributed by atoms with Gasteiger partial charge in [0.2, 0.25) is 0 Å². The number of carbonyl (C=O) groups is 1. The summed E-state index contributed by atoms with van der Waals surface area (Å²) >= 11 is 7.54. The van der Waals surface area contributed by atoms with Gasteiger partial charge in [-0.05, 0) is 30.3 Å². The van der Waals surface area contributed by atoms with E-state index in [4.69, 9.17) is 16.6 Å². The Balaban J connectivity index is 1.33. The molecule has 0 saturated carbocycles. The quantitative estimate of drug-likeness (QED) is 0.598. The molecular weight excluding hydrogens is 416 g/mol. The van der Waals surface area contributed by atoms with Gasteiger partial charge in [0.15, 0.2) is 11.6 Å². The van der Waals surface area contributed by atoms with Crippen LogP contribution in [0.1, 0.15) is 15.4 Å². The minimum absolute atomic E-state index is 0.171. The number of amides is 1. The van der Waals surface area contributed by atoms with Crippen molar-refractivity contribution >= 4 is 28.8 Å². The molecule has 4 rings (SSSR count). The monoisotopic (exact) mass is 433 g/mol. The molecule has 0 radical (unpaired) electrons. The number of benzene rings is 2. The Labute approximate surface area is 176 Å². The molecule has 0 unspecified atom stereocenters. The van der Waals surface area contributed by atoms with Crippen LogP contribution in [0.25, 0.3) is 11.3 Å². The minimum Gasteiger partial charge on any atom is -0.336 e. The summed E-state index contributed by atoms with van der Waals surface area (Å²) in [5.41, 5.74) is 2.12. The minimum atomic E-state index is -1.00. The second-order valence-corrected chi connectivity index (χ2v) is 8.21. The molecule has 1 aromatic heterocycles. The zero-order chi connectivity index (χ0) is 20.4. The van der Waals surface area contributed by atoms with Gasteiger partial charge in [0.05, 0.1) is 12.2 Å². The van der Waals surface area contributed by atoms with Gasteiger partial charge in [-0.25, -0.2) is 13.8 Å². The van der Waals surface area contributed by atoms with Crippen LogP contribution in [0.15, 0.2) is 47.8 Å². The summed E-state index contributed by atoms with van der Waals surface area (Å²) in [5.74, 6) is -2.23. The number of nitrogens with zero attached hydrogens (tertiary/aromatic N) is 3. The van der Waals surface area contributed by atoms with Gasteiger partial charge in [0, 0.05) is 47.7 Å². The van der Waals surface area contributed by atoms with Crippen molar-refractivity contribution in [2.75, 3.05) is 26.2 Å². The molecule has 150 valence electrons. The highest BCUT2D eigenvalue weighted by Crippen LogP contribution is 2.24. The molecule has 8 heteroatoms. The van der Waals surface area contributed by atoms with Gasteiger partial charge in [-0.2, -0.15) is 0 Å². The number of hydrogen-bond donors (Lipinski definition) is 0. The van der Waals surface area contributed by atoms with Gasteiger partial charge in [0.1, 0.15) is 5.01 Å². The smallest absolute Gasteiger partial charge is 0.254 e. The van der Waals surface area contributed by atoms with Gasteiger partial charge in [-0.1, -0.05) is 23.7 Å². The van der Waals surface area contributed by atoms with Crippen molar-refractivity contribution in [3.8, 4) is 11.3 Å². The second-order valence-electron chi connectivity index (χ2n) is 6.83. The summed E-state index contributed by atoms with van der Waals surface area (Å²) in [6.45, 7) is 3.18. The van der Waals surface area contributed by atoms with Crippen LogP contribution in [0.2, 0.25) is 5.02 Å². The van der Waals surface area contributed by atoms with Gasteiger partial charge in [-0.15, -0.1) is 11.3 Å². The number of hydrogen-bond acceptors (Lipinski definition) is 4. The van der Waals surface area contributed by atoms with Crippen LogP contribution in [0.3, 0.4) is 0 Å². The molecule has 1 amide bonds. The van der Waals surface area contributed by atoms with Gasteiger partial charge in [-0.3, -0.25) is 9.69 Å². The third-order valence-corrected chi connectivity index (χ3v) is 5.96. The van der Waals surface area contributed by atoms with Crippen LogP contribution in [-0.4, -0.2) is 46.9 Å². The maximum absolute atomic E-state index is 13.4. The molecule has 0 atom stereocenters. The van der Waals surface area contributed by atoms with Crippen molar-refractivity contribution in [2.45, 2.75) is 6.54 Å². The zero-order valence-corrected chi connectivity index (χ0v) is 17.0. The first kappa shape index (κ1) is 19.9. The van der Waals surface area contributed by atoms with E-state index in [1.807, 2.05) is 29.6 Å². The molecule has 3 aromatic rings. The Hall–Kier alpha value is -2.35. The molecule has 2 heterocycles. The SMILES string of the molecule is O=C(c1ccc(F)c(F)c1)N1CCN(Cc2nc(-c3ccc(Cl)cc3)cs2)CC1. The summed E-state index contributed by atoms with van der Waals surface area (Å²) in [5, 5.41) is 3.73. The predicted octanol–water partition coefficient (Wildman–Crippen LogP) is 4.70. The lowest BCUT2D eigenvalue weighted by molar-refractivity contribution is 0.0628. The van der Waals surface area contributed by atoms with Crippen molar-refractivity contribution in [1.29, 1.82) is 0 Å². The standard InChI is InChI=1S/C21H18ClF2N3OS/c22-16-4-1-14(2-5-16)19-13-29-20(25-19)12-26-7-9-27(10-8-26)21(28)15-3-6-17(23)18(24)11-15/h1-6,11,13H,7-10,12H2. The molecule has 0 bridgehead atoms. The van der Waals surface area contributed by atoms with Crippen molar-refractivity contribution in [1.82, 2.24) is 14.8 Å². The van der Waals surface area contributed by atoms with Gasteiger partial charge < -0.3 is 4.90 Å². The normalized spacial score (nSPS) is 14.9. The van der Waals surface area contributed by atoms with Gasteiger partial charge in [0.25, 0.3) is 5.91 Å². The first-order valence-electron chi connectivity index (χ1n) is 9.16. The molecule has 0 spiro atoms. The summed E-state index contributed by atoms with van der Waals surface area (Å²) in [7, 11) is 0. The van der Waals surface area contributed by atoms with Crippen LogP contribution in [0.4, 0.5) is 8.78 Å². The van der Waals surface area contributed by atoms with E-state index in [0.29, 0.717) is 37.7 Å². The topological polar surface area (TPSA) is 36.4 Å². The Morgan fingerprint density at radius 3 is 2.45 bits per heavy atom. The molecule has 29 heavy (non-hydrogen) atoms. The molecule has 2 aromatic carbocycles. The fourth-order valence-corrected chi connectivity index (χ4v) is 4.22. The van der Waals surface area contributed by atoms with Crippen LogP contribution in [0, 0.1) is 11.6 Å². The largest absolute Gasteiger partial charge is 0.336 e. The van der Waals surface area contributed by atoms with Crippen molar-refractivity contribution in [3.63, 3.8) is 0 Å². The highest BCUT2D eigenvalue weighted by atomic mass is 35.5. The van der Waals surface area contributed by atoms with Crippen molar-refractivity contribution < 1.29 is 13.6 Å². The number of piperazine rings is 1. The Kier molecular flexibility index (Phi) is 5.89. The molecule has 0 N–H and O–H groups in total.